The molecule has 1 atom stereocenters. The highest BCUT2D eigenvalue weighted by Gasteiger charge is 2.37. The van der Waals surface area contributed by atoms with E-state index in [4.69, 9.17) is 9.84 Å². The lowest BCUT2D eigenvalue weighted by Crippen LogP contribution is -2.28. The number of nitrogens with zero attached hydrogens (tertiary/aromatic N) is 1. The summed E-state index contributed by atoms with van der Waals surface area (Å²) >= 11 is -0.808. The lowest BCUT2D eigenvalue weighted by Gasteiger charge is -2.25. The quantitative estimate of drug-likeness (QED) is 0.848. The maximum Gasteiger partial charge on any atom is 0.415 e. The van der Waals surface area contributed by atoms with Crippen LogP contribution >= 0.6 is 0 Å². The number of benzene rings is 1. The molecular formula is C15H16FNO5S. The highest BCUT2D eigenvalue weighted by Crippen LogP contribution is 2.33. The molecule has 6 nitrogen and oxygen atoms in total. The molecule has 2 aliphatic rings. The number of carboxylic acid groups (broad SMARTS) is 1. The number of cyclic esters (lactones) is 1. The van der Waals surface area contributed by atoms with Gasteiger partial charge in [-0.1, -0.05) is 17.2 Å². The first-order valence-electron chi connectivity index (χ1n) is 7.31. The van der Waals surface area contributed by atoms with Gasteiger partial charge < -0.3 is 14.4 Å². The Balaban J connectivity index is 1.77. The Morgan fingerprint density at radius 1 is 1.39 bits per heavy atom. The van der Waals surface area contributed by atoms with Crippen molar-refractivity contribution >= 4 is 28.9 Å². The molecule has 1 N–H and O–H groups in total. The second-order valence-electron chi connectivity index (χ2n) is 5.65. The van der Waals surface area contributed by atoms with Crippen LogP contribution in [0.15, 0.2) is 18.2 Å². The number of carbonyl (C=O) groups excluding carboxylic acids is 1. The van der Waals surface area contributed by atoms with E-state index >= 15 is 0 Å². The number of rotatable bonds is 3. The summed E-state index contributed by atoms with van der Waals surface area (Å²) in [6.07, 6.45) is -0.679. The molecule has 0 spiro atoms. The number of aliphatic carboxylic acids is 1. The van der Waals surface area contributed by atoms with Gasteiger partial charge in [-0.05, 0) is 36.5 Å². The maximum absolute atomic E-state index is 14.4. The summed E-state index contributed by atoms with van der Waals surface area (Å²) in [5.41, 5.74) is 0.826. The Labute approximate surface area is 135 Å². The zero-order chi connectivity index (χ0) is 16.6. The number of ether oxygens (including phenoxy) is 1. The third-order valence-electron chi connectivity index (χ3n) is 4.21. The average molecular weight is 341 g/mol. The summed E-state index contributed by atoms with van der Waals surface area (Å²) in [6.45, 7) is -0.143. The van der Waals surface area contributed by atoms with Gasteiger partial charge >= 0.3 is 12.1 Å². The number of carboxylic acids is 1. The van der Waals surface area contributed by atoms with E-state index < -0.39 is 35.2 Å². The Morgan fingerprint density at radius 3 is 2.65 bits per heavy atom. The van der Waals surface area contributed by atoms with E-state index in [0.29, 0.717) is 29.9 Å². The van der Waals surface area contributed by atoms with Crippen LogP contribution in [-0.4, -0.2) is 45.9 Å². The van der Waals surface area contributed by atoms with Crippen molar-refractivity contribution in [1.29, 1.82) is 0 Å². The SMILES string of the molecule is O=C(O)C1CN(c2ccc([C@H]3CC[S@@+]([O-])CC3)c(F)c2)C(=O)O1. The maximum atomic E-state index is 14.4. The van der Waals surface area contributed by atoms with Crippen molar-refractivity contribution in [3.8, 4) is 0 Å². The standard InChI is InChI=1S/C15H16FNO5S/c16-12-7-10(17-8-13(14(18)19)22-15(17)20)1-2-11(12)9-3-5-23(21)6-4-9/h1-2,7,9,13H,3-6,8H2,(H,18,19)/t9-,13?,23+. The molecule has 1 unspecified atom stereocenters. The van der Waals surface area contributed by atoms with E-state index in [1.54, 1.807) is 12.1 Å². The summed E-state index contributed by atoms with van der Waals surface area (Å²) < 4.78 is 30.5. The molecule has 1 aromatic carbocycles. The van der Waals surface area contributed by atoms with Gasteiger partial charge in [0.25, 0.3) is 0 Å². The molecule has 1 amide bonds. The predicted molar refractivity (Wildman–Crippen MR) is 81.5 cm³/mol. The van der Waals surface area contributed by atoms with E-state index in [1.807, 2.05) is 0 Å². The van der Waals surface area contributed by atoms with Crippen molar-refractivity contribution in [2.45, 2.75) is 24.9 Å². The van der Waals surface area contributed by atoms with Crippen molar-refractivity contribution in [3.05, 3.63) is 29.6 Å². The lowest BCUT2D eigenvalue weighted by molar-refractivity contribution is -0.144. The Kier molecular flexibility index (Phi) is 4.45. The Morgan fingerprint density at radius 2 is 2.09 bits per heavy atom. The number of hydrogen-bond acceptors (Lipinski definition) is 4. The summed E-state index contributed by atoms with van der Waals surface area (Å²) in [4.78, 5) is 23.7. The normalized spacial score (nSPS) is 27.8. The Bertz CT molecular complexity index is 632. The van der Waals surface area contributed by atoms with Crippen LogP contribution in [0.4, 0.5) is 14.9 Å². The number of carbonyl (C=O) groups is 2. The van der Waals surface area contributed by atoms with Crippen molar-refractivity contribution in [2.24, 2.45) is 0 Å². The van der Waals surface area contributed by atoms with E-state index in [-0.39, 0.29) is 18.2 Å². The Hall–Kier alpha value is -1.80. The van der Waals surface area contributed by atoms with Crippen LogP contribution < -0.4 is 4.90 Å². The third-order valence-corrected chi connectivity index (χ3v) is 5.59. The minimum Gasteiger partial charge on any atom is -0.616 e. The molecule has 1 aromatic rings. The molecule has 2 saturated heterocycles. The molecule has 8 heteroatoms. The highest BCUT2D eigenvalue weighted by molar-refractivity contribution is 7.91. The number of hydrogen-bond donors (Lipinski definition) is 1. The highest BCUT2D eigenvalue weighted by atomic mass is 32.2. The summed E-state index contributed by atoms with van der Waals surface area (Å²) in [6, 6.07) is 4.44. The van der Waals surface area contributed by atoms with Gasteiger partial charge in [-0.2, -0.15) is 0 Å². The second-order valence-corrected chi connectivity index (χ2v) is 7.35. The molecule has 0 bridgehead atoms. The molecule has 2 heterocycles. The molecule has 23 heavy (non-hydrogen) atoms. The zero-order valence-electron chi connectivity index (χ0n) is 12.2. The van der Waals surface area contributed by atoms with Gasteiger partial charge in [0.15, 0.2) is 0 Å². The molecule has 124 valence electrons. The lowest BCUT2D eigenvalue weighted by atomic mass is 9.93. The molecule has 0 radical (unpaired) electrons. The van der Waals surface area contributed by atoms with Crippen LogP contribution in [0.5, 0.6) is 0 Å². The first kappa shape index (κ1) is 16.1. The fraction of sp³-hybridized carbons (Fsp3) is 0.467. The van der Waals surface area contributed by atoms with Crippen LogP contribution in [0.3, 0.4) is 0 Å². The predicted octanol–water partition coefficient (Wildman–Crippen LogP) is 1.86. The van der Waals surface area contributed by atoms with E-state index in [1.165, 1.54) is 6.07 Å². The fourth-order valence-corrected chi connectivity index (χ4v) is 4.22. The third kappa shape index (κ3) is 3.28. The van der Waals surface area contributed by atoms with Gasteiger partial charge in [0, 0.05) is 0 Å². The fourth-order valence-electron chi connectivity index (χ4n) is 2.92. The van der Waals surface area contributed by atoms with Crippen LogP contribution in [0.25, 0.3) is 0 Å². The van der Waals surface area contributed by atoms with Crippen LogP contribution in [0.1, 0.15) is 24.3 Å². The summed E-state index contributed by atoms with van der Waals surface area (Å²) in [5.74, 6) is -0.492. The average Bonchev–Trinajstić information content (AvgIpc) is 2.90. The largest absolute Gasteiger partial charge is 0.616 e. The summed E-state index contributed by atoms with van der Waals surface area (Å²) in [5, 5.41) is 8.88. The van der Waals surface area contributed by atoms with Gasteiger partial charge in [-0.25, -0.2) is 14.0 Å². The van der Waals surface area contributed by atoms with E-state index in [9.17, 15) is 18.5 Å². The van der Waals surface area contributed by atoms with Crippen LogP contribution in [0, 0.1) is 5.82 Å². The smallest absolute Gasteiger partial charge is 0.415 e. The molecule has 3 rings (SSSR count). The molecule has 2 aliphatic heterocycles. The number of amides is 1. The van der Waals surface area contributed by atoms with Crippen LogP contribution in [0.2, 0.25) is 0 Å². The summed E-state index contributed by atoms with van der Waals surface area (Å²) in [7, 11) is 0. The molecule has 0 saturated carbocycles. The topological polar surface area (TPSA) is 89.9 Å². The molecule has 0 aliphatic carbocycles. The van der Waals surface area contributed by atoms with Crippen molar-refractivity contribution in [3.63, 3.8) is 0 Å². The second kappa shape index (κ2) is 6.37. The minimum atomic E-state index is -1.24. The number of halogens is 1. The van der Waals surface area contributed by atoms with Crippen molar-refractivity contribution < 1.29 is 28.4 Å². The van der Waals surface area contributed by atoms with Gasteiger partial charge in [-0.3, -0.25) is 4.90 Å². The van der Waals surface area contributed by atoms with E-state index in [2.05, 4.69) is 0 Å². The minimum absolute atomic E-state index is 0.0269. The van der Waals surface area contributed by atoms with Crippen molar-refractivity contribution in [1.82, 2.24) is 0 Å². The molecule has 2 fully saturated rings. The monoisotopic (exact) mass is 341 g/mol. The van der Waals surface area contributed by atoms with Crippen molar-refractivity contribution in [2.75, 3.05) is 23.0 Å². The first-order valence-corrected chi connectivity index (χ1v) is 8.80. The van der Waals surface area contributed by atoms with Gasteiger partial charge in [-0.15, -0.1) is 0 Å². The van der Waals surface area contributed by atoms with Crippen LogP contribution in [-0.2, 0) is 20.7 Å². The van der Waals surface area contributed by atoms with Gasteiger partial charge in [0.2, 0.25) is 6.10 Å². The van der Waals surface area contributed by atoms with Gasteiger partial charge in [0.1, 0.15) is 17.3 Å². The molecule has 0 aromatic heterocycles. The van der Waals surface area contributed by atoms with Gasteiger partial charge in [0.05, 0.1) is 12.2 Å². The first-order chi connectivity index (χ1) is 11.0. The zero-order valence-corrected chi connectivity index (χ0v) is 13.1. The molecular weight excluding hydrogens is 325 g/mol. The number of anilines is 1. The van der Waals surface area contributed by atoms with E-state index in [0.717, 1.165) is 4.90 Å².